The number of nitriles is 1. The van der Waals surface area contributed by atoms with Gasteiger partial charge in [-0.1, -0.05) is 6.07 Å². The molecule has 108 valence electrons. The van der Waals surface area contributed by atoms with E-state index in [1.807, 2.05) is 0 Å². The molecule has 0 bridgehead atoms. The minimum Gasteiger partial charge on any atom is -0.497 e. The Labute approximate surface area is 124 Å². The Hall–Kier alpha value is -1.77. The summed E-state index contributed by atoms with van der Waals surface area (Å²) in [5.41, 5.74) is 0.551. The maximum absolute atomic E-state index is 12.1. The van der Waals surface area contributed by atoms with Crippen molar-refractivity contribution in [2.24, 2.45) is 5.92 Å². The number of carbonyl (C=O) groups excluding carboxylic acids is 1. The van der Waals surface area contributed by atoms with Crippen molar-refractivity contribution in [1.82, 2.24) is 10.6 Å². The second kappa shape index (κ2) is 7.73. The van der Waals surface area contributed by atoms with E-state index in [4.69, 9.17) is 10.00 Å². The summed E-state index contributed by atoms with van der Waals surface area (Å²) in [6.45, 7) is 1.45. The number of methoxy groups -OCH3 is 1. The minimum atomic E-state index is -0.177. The Bertz CT molecular complexity index is 501. The molecule has 1 fully saturated rings. The van der Waals surface area contributed by atoms with Gasteiger partial charge in [-0.15, -0.1) is 12.4 Å². The summed E-state index contributed by atoms with van der Waals surface area (Å²) >= 11 is 0. The number of benzene rings is 1. The van der Waals surface area contributed by atoms with Gasteiger partial charge >= 0.3 is 0 Å². The zero-order valence-electron chi connectivity index (χ0n) is 11.3. The number of nitrogens with zero attached hydrogens (tertiary/aromatic N) is 1. The van der Waals surface area contributed by atoms with Crippen molar-refractivity contribution in [2.75, 3.05) is 20.2 Å². The van der Waals surface area contributed by atoms with Crippen molar-refractivity contribution in [2.45, 2.75) is 12.5 Å². The molecule has 1 amide bonds. The standard InChI is InChI=1S/C14H17N3O2.ClH/c1-19-12-4-2-3-10(7-12)14(18)17-13-5-6-16-9-11(13)8-15;/h2-4,7,11,13,16H,5-6,9H2,1H3,(H,17,18);1H. The third-order valence-electron chi connectivity index (χ3n) is 3.30. The molecule has 0 radical (unpaired) electrons. The van der Waals surface area contributed by atoms with Crippen LogP contribution in [-0.2, 0) is 0 Å². The third kappa shape index (κ3) is 3.86. The molecule has 0 saturated carbocycles. The van der Waals surface area contributed by atoms with Crippen molar-refractivity contribution in [3.05, 3.63) is 29.8 Å². The summed E-state index contributed by atoms with van der Waals surface area (Å²) in [5.74, 6) is 0.309. The smallest absolute Gasteiger partial charge is 0.251 e. The molecule has 5 nitrogen and oxygen atoms in total. The molecule has 1 heterocycles. The Morgan fingerprint density at radius 3 is 3.05 bits per heavy atom. The molecule has 2 N–H and O–H groups in total. The predicted molar refractivity (Wildman–Crippen MR) is 78.1 cm³/mol. The SMILES string of the molecule is COc1cccc(C(=O)NC2CCNCC2C#N)c1.Cl. The fourth-order valence-corrected chi connectivity index (χ4v) is 2.18. The van der Waals surface area contributed by atoms with Gasteiger partial charge in [0.2, 0.25) is 0 Å². The first-order valence-corrected chi connectivity index (χ1v) is 6.30. The molecule has 6 heteroatoms. The van der Waals surface area contributed by atoms with Crippen LogP contribution >= 0.6 is 12.4 Å². The van der Waals surface area contributed by atoms with E-state index in [1.54, 1.807) is 31.4 Å². The molecule has 2 atom stereocenters. The number of hydrogen-bond acceptors (Lipinski definition) is 4. The zero-order valence-corrected chi connectivity index (χ0v) is 12.1. The highest BCUT2D eigenvalue weighted by Crippen LogP contribution is 2.15. The van der Waals surface area contributed by atoms with Crippen LogP contribution in [0.25, 0.3) is 0 Å². The Kier molecular flexibility index (Phi) is 6.29. The summed E-state index contributed by atoms with van der Waals surface area (Å²) in [6, 6.07) is 9.13. The first kappa shape index (κ1) is 16.3. The Balaban J connectivity index is 0.00000200. The van der Waals surface area contributed by atoms with E-state index in [0.717, 1.165) is 13.0 Å². The van der Waals surface area contributed by atoms with Crippen molar-refractivity contribution in [3.63, 3.8) is 0 Å². The fraction of sp³-hybridized carbons (Fsp3) is 0.429. The van der Waals surface area contributed by atoms with E-state index in [-0.39, 0.29) is 30.3 Å². The zero-order chi connectivity index (χ0) is 13.7. The molecule has 1 aliphatic heterocycles. The van der Waals surface area contributed by atoms with Gasteiger partial charge in [0.1, 0.15) is 5.75 Å². The molecular weight excluding hydrogens is 278 g/mol. The number of nitrogens with one attached hydrogen (secondary N) is 2. The lowest BCUT2D eigenvalue weighted by Crippen LogP contribution is -2.48. The number of halogens is 1. The van der Waals surface area contributed by atoms with Crippen LogP contribution in [0.2, 0.25) is 0 Å². The molecule has 2 rings (SSSR count). The molecule has 0 aliphatic carbocycles. The van der Waals surface area contributed by atoms with E-state index in [0.29, 0.717) is 17.9 Å². The summed E-state index contributed by atoms with van der Waals surface area (Å²) in [7, 11) is 1.57. The number of carbonyl (C=O) groups is 1. The molecule has 1 aromatic carbocycles. The summed E-state index contributed by atoms with van der Waals surface area (Å²) in [4.78, 5) is 12.1. The second-order valence-corrected chi connectivity index (χ2v) is 4.54. The molecule has 0 spiro atoms. The van der Waals surface area contributed by atoms with Gasteiger partial charge in [0, 0.05) is 18.2 Å². The van der Waals surface area contributed by atoms with Gasteiger partial charge in [-0.3, -0.25) is 4.79 Å². The van der Waals surface area contributed by atoms with Gasteiger partial charge in [-0.2, -0.15) is 5.26 Å². The minimum absolute atomic E-state index is 0. The van der Waals surface area contributed by atoms with E-state index in [9.17, 15) is 4.79 Å². The monoisotopic (exact) mass is 295 g/mol. The molecule has 2 unspecified atom stereocenters. The number of amides is 1. The Morgan fingerprint density at radius 1 is 1.55 bits per heavy atom. The lowest BCUT2D eigenvalue weighted by atomic mass is 9.94. The molecule has 1 aromatic rings. The molecule has 1 saturated heterocycles. The quantitative estimate of drug-likeness (QED) is 0.883. The largest absolute Gasteiger partial charge is 0.497 e. The normalized spacial score (nSPS) is 21.2. The highest BCUT2D eigenvalue weighted by molar-refractivity contribution is 5.94. The summed E-state index contributed by atoms with van der Waals surface area (Å²) in [5, 5.41) is 15.1. The molecular formula is C14H18ClN3O2. The fourth-order valence-electron chi connectivity index (χ4n) is 2.18. The van der Waals surface area contributed by atoms with Gasteiger partial charge < -0.3 is 15.4 Å². The van der Waals surface area contributed by atoms with Crippen LogP contribution in [0.15, 0.2) is 24.3 Å². The van der Waals surface area contributed by atoms with Crippen LogP contribution in [0.5, 0.6) is 5.75 Å². The van der Waals surface area contributed by atoms with Crippen LogP contribution in [0.1, 0.15) is 16.8 Å². The van der Waals surface area contributed by atoms with Crippen molar-refractivity contribution >= 4 is 18.3 Å². The van der Waals surface area contributed by atoms with Crippen LogP contribution in [0.4, 0.5) is 0 Å². The molecule has 1 aliphatic rings. The van der Waals surface area contributed by atoms with Gasteiger partial charge in [-0.25, -0.2) is 0 Å². The summed E-state index contributed by atoms with van der Waals surface area (Å²) in [6.07, 6.45) is 0.772. The van der Waals surface area contributed by atoms with Crippen LogP contribution in [0.3, 0.4) is 0 Å². The number of hydrogen-bond donors (Lipinski definition) is 2. The Morgan fingerprint density at radius 2 is 2.35 bits per heavy atom. The highest BCUT2D eigenvalue weighted by Gasteiger charge is 2.26. The van der Waals surface area contributed by atoms with Crippen LogP contribution in [0, 0.1) is 17.2 Å². The third-order valence-corrected chi connectivity index (χ3v) is 3.30. The first-order valence-electron chi connectivity index (χ1n) is 6.30. The first-order chi connectivity index (χ1) is 9.24. The van der Waals surface area contributed by atoms with Crippen LogP contribution in [-0.4, -0.2) is 32.1 Å². The van der Waals surface area contributed by atoms with E-state index in [1.165, 1.54) is 0 Å². The molecule has 0 aromatic heterocycles. The van der Waals surface area contributed by atoms with Crippen LogP contribution < -0.4 is 15.4 Å². The van der Waals surface area contributed by atoms with Gasteiger partial charge in [0.25, 0.3) is 5.91 Å². The number of ether oxygens (including phenoxy) is 1. The van der Waals surface area contributed by atoms with Gasteiger partial charge in [-0.05, 0) is 31.2 Å². The highest BCUT2D eigenvalue weighted by atomic mass is 35.5. The van der Waals surface area contributed by atoms with Crippen molar-refractivity contribution in [3.8, 4) is 11.8 Å². The number of rotatable bonds is 3. The van der Waals surface area contributed by atoms with E-state index < -0.39 is 0 Å². The lowest BCUT2D eigenvalue weighted by Gasteiger charge is -2.28. The summed E-state index contributed by atoms with van der Waals surface area (Å²) < 4.78 is 5.09. The topological polar surface area (TPSA) is 74.2 Å². The van der Waals surface area contributed by atoms with Gasteiger partial charge in [0.15, 0.2) is 0 Å². The molecule has 20 heavy (non-hydrogen) atoms. The van der Waals surface area contributed by atoms with Crippen molar-refractivity contribution < 1.29 is 9.53 Å². The maximum Gasteiger partial charge on any atom is 0.251 e. The number of piperidine rings is 1. The average Bonchev–Trinajstić information content (AvgIpc) is 2.47. The van der Waals surface area contributed by atoms with Crippen molar-refractivity contribution in [1.29, 1.82) is 5.26 Å². The van der Waals surface area contributed by atoms with E-state index >= 15 is 0 Å². The van der Waals surface area contributed by atoms with E-state index in [2.05, 4.69) is 16.7 Å². The average molecular weight is 296 g/mol. The second-order valence-electron chi connectivity index (χ2n) is 4.54. The maximum atomic E-state index is 12.1. The predicted octanol–water partition coefficient (Wildman–Crippen LogP) is 1.35. The van der Waals surface area contributed by atoms with Gasteiger partial charge in [0.05, 0.1) is 19.1 Å². The lowest BCUT2D eigenvalue weighted by molar-refractivity contribution is 0.0920.